The lowest BCUT2D eigenvalue weighted by Crippen LogP contribution is -2.40. The molecule has 0 aromatic heterocycles. The van der Waals surface area contributed by atoms with Gasteiger partial charge in [-0.3, -0.25) is 4.79 Å². The molecule has 0 bridgehead atoms. The van der Waals surface area contributed by atoms with E-state index >= 15 is 0 Å². The Hall–Kier alpha value is -1.51. The molecule has 3 N–H and O–H groups in total. The Kier molecular flexibility index (Phi) is 5.05. The Morgan fingerprint density at radius 2 is 1.95 bits per heavy atom. The van der Waals surface area contributed by atoms with Crippen molar-refractivity contribution >= 4 is 11.6 Å². The molecule has 20 heavy (non-hydrogen) atoms. The summed E-state index contributed by atoms with van der Waals surface area (Å²) >= 11 is 0. The molecular weight excluding hydrogens is 248 g/mol. The summed E-state index contributed by atoms with van der Waals surface area (Å²) in [4.78, 5) is 12.2. The fourth-order valence-corrected chi connectivity index (χ4v) is 3.17. The van der Waals surface area contributed by atoms with Gasteiger partial charge in [0.2, 0.25) is 0 Å². The van der Waals surface area contributed by atoms with Gasteiger partial charge in [-0.2, -0.15) is 0 Å². The molecule has 1 saturated carbocycles. The molecule has 0 saturated heterocycles. The highest BCUT2D eigenvalue weighted by Crippen LogP contribution is 2.31. The van der Waals surface area contributed by atoms with Gasteiger partial charge in [-0.15, -0.1) is 0 Å². The summed E-state index contributed by atoms with van der Waals surface area (Å²) in [6.07, 6.45) is 6.66. The second kappa shape index (κ2) is 6.78. The van der Waals surface area contributed by atoms with Gasteiger partial charge in [-0.25, -0.2) is 0 Å². The van der Waals surface area contributed by atoms with Gasteiger partial charge < -0.3 is 11.1 Å². The van der Waals surface area contributed by atoms with Crippen molar-refractivity contribution < 1.29 is 4.79 Å². The second-order valence-electron chi connectivity index (χ2n) is 6.14. The van der Waals surface area contributed by atoms with Crippen molar-refractivity contribution in [2.24, 2.45) is 11.8 Å². The third-order valence-electron chi connectivity index (χ3n) is 4.69. The van der Waals surface area contributed by atoms with E-state index in [2.05, 4.69) is 19.2 Å². The van der Waals surface area contributed by atoms with Crippen molar-refractivity contribution in [1.82, 2.24) is 5.32 Å². The number of hydrogen-bond acceptors (Lipinski definition) is 2. The van der Waals surface area contributed by atoms with E-state index in [0.29, 0.717) is 17.2 Å². The molecule has 3 heteroatoms. The molecular formula is C17H26N2O. The number of nitrogen functional groups attached to an aromatic ring is 1. The smallest absolute Gasteiger partial charge is 0.251 e. The lowest BCUT2D eigenvalue weighted by molar-refractivity contribution is 0.0912. The molecule has 0 spiro atoms. The number of anilines is 1. The maximum Gasteiger partial charge on any atom is 0.251 e. The normalized spacial score (nSPS) is 19.3. The Balaban J connectivity index is 1.92. The maximum atomic E-state index is 12.2. The van der Waals surface area contributed by atoms with E-state index < -0.39 is 0 Å². The summed E-state index contributed by atoms with van der Waals surface area (Å²) in [7, 11) is 0. The fraction of sp³-hybridized carbons (Fsp3) is 0.588. The van der Waals surface area contributed by atoms with Crippen LogP contribution in [0.25, 0.3) is 0 Å². The minimum Gasteiger partial charge on any atom is -0.399 e. The minimum atomic E-state index is -0.0209. The highest BCUT2D eigenvalue weighted by atomic mass is 16.1. The molecule has 0 radical (unpaired) electrons. The van der Waals surface area contributed by atoms with Crippen LogP contribution in [0.3, 0.4) is 0 Å². The molecule has 3 nitrogen and oxygen atoms in total. The molecule has 1 aliphatic rings. The zero-order valence-corrected chi connectivity index (χ0v) is 12.6. The number of nitrogens with one attached hydrogen (secondary N) is 1. The van der Waals surface area contributed by atoms with Gasteiger partial charge >= 0.3 is 0 Å². The number of benzene rings is 1. The maximum absolute atomic E-state index is 12.2. The first-order chi connectivity index (χ1) is 9.58. The minimum absolute atomic E-state index is 0.0209. The van der Waals surface area contributed by atoms with Crippen LogP contribution in [0.2, 0.25) is 0 Å². The monoisotopic (exact) mass is 274 g/mol. The largest absolute Gasteiger partial charge is 0.399 e. The van der Waals surface area contributed by atoms with Crippen molar-refractivity contribution in [3.8, 4) is 0 Å². The summed E-state index contributed by atoms with van der Waals surface area (Å²) < 4.78 is 0. The molecule has 2 rings (SSSR count). The number of carbonyl (C=O) groups is 1. The first-order valence-corrected chi connectivity index (χ1v) is 7.74. The topological polar surface area (TPSA) is 55.1 Å². The number of carbonyl (C=O) groups excluding carboxylic acids is 1. The third-order valence-corrected chi connectivity index (χ3v) is 4.69. The lowest BCUT2D eigenvalue weighted by Gasteiger charge is -2.32. The molecule has 2 unspecified atom stereocenters. The van der Waals surface area contributed by atoms with E-state index in [1.54, 1.807) is 12.1 Å². The van der Waals surface area contributed by atoms with Gasteiger partial charge in [0, 0.05) is 17.3 Å². The first-order valence-electron chi connectivity index (χ1n) is 7.74. The van der Waals surface area contributed by atoms with Crippen molar-refractivity contribution in [3.63, 3.8) is 0 Å². The zero-order valence-electron chi connectivity index (χ0n) is 12.6. The summed E-state index contributed by atoms with van der Waals surface area (Å²) in [6, 6.07) is 7.36. The van der Waals surface area contributed by atoms with Gasteiger partial charge in [-0.1, -0.05) is 45.1 Å². The van der Waals surface area contributed by atoms with Crippen LogP contribution >= 0.6 is 0 Å². The standard InChI is InChI=1S/C17H26N2O/c1-12(14-7-4-3-5-8-14)13(2)19-17(20)15-9-6-10-16(18)11-15/h6,9-14H,3-5,7-8,18H2,1-2H3,(H,19,20). The molecule has 0 aliphatic heterocycles. The molecule has 110 valence electrons. The zero-order chi connectivity index (χ0) is 14.5. The molecule has 1 fully saturated rings. The Morgan fingerprint density at radius 1 is 1.25 bits per heavy atom. The first kappa shape index (κ1) is 14.9. The molecule has 1 aliphatic carbocycles. The van der Waals surface area contributed by atoms with Crippen LogP contribution in [0.1, 0.15) is 56.3 Å². The second-order valence-corrected chi connectivity index (χ2v) is 6.14. The van der Waals surface area contributed by atoms with Gasteiger partial charge in [0.1, 0.15) is 0 Å². The predicted molar refractivity (Wildman–Crippen MR) is 83.5 cm³/mol. The Bertz CT molecular complexity index is 452. The van der Waals surface area contributed by atoms with Gasteiger partial charge in [0.05, 0.1) is 0 Å². The molecule has 1 aromatic rings. The van der Waals surface area contributed by atoms with Gasteiger partial charge in [0.25, 0.3) is 5.91 Å². The van der Waals surface area contributed by atoms with Crippen molar-refractivity contribution in [2.75, 3.05) is 5.73 Å². The van der Waals surface area contributed by atoms with E-state index in [1.165, 1.54) is 32.1 Å². The van der Waals surface area contributed by atoms with Crippen molar-refractivity contribution in [1.29, 1.82) is 0 Å². The number of amides is 1. The number of nitrogens with two attached hydrogens (primary N) is 1. The van der Waals surface area contributed by atoms with E-state index in [0.717, 1.165) is 5.92 Å². The van der Waals surface area contributed by atoms with Gasteiger partial charge in [0.15, 0.2) is 0 Å². The van der Waals surface area contributed by atoms with Gasteiger partial charge in [-0.05, 0) is 37.0 Å². The van der Waals surface area contributed by atoms with Crippen LogP contribution in [-0.2, 0) is 0 Å². The van der Waals surface area contributed by atoms with Crippen LogP contribution < -0.4 is 11.1 Å². The predicted octanol–water partition coefficient (Wildman–Crippen LogP) is 3.60. The lowest BCUT2D eigenvalue weighted by atomic mass is 9.78. The Morgan fingerprint density at radius 3 is 2.60 bits per heavy atom. The summed E-state index contributed by atoms with van der Waals surface area (Å²) in [5, 5.41) is 3.13. The summed E-state index contributed by atoms with van der Waals surface area (Å²) in [5.41, 5.74) is 7.00. The van der Waals surface area contributed by atoms with Crippen molar-refractivity contribution in [2.45, 2.75) is 52.0 Å². The van der Waals surface area contributed by atoms with E-state index in [1.807, 2.05) is 12.1 Å². The number of hydrogen-bond donors (Lipinski definition) is 2. The van der Waals surface area contributed by atoms with Crippen LogP contribution in [0.5, 0.6) is 0 Å². The Labute approximate surface area is 121 Å². The van der Waals surface area contributed by atoms with Crippen LogP contribution in [0, 0.1) is 11.8 Å². The van der Waals surface area contributed by atoms with Crippen molar-refractivity contribution in [3.05, 3.63) is 29.8 Å². The third kappa shape index (κ3) is 3.75. The van der Waals surface area contributed by atoms with Crippen LogP contribution in [0.4, 0.5) is 5.69 Å². The molecule has 1 amide bonds. The van der Waals surface area contributed by atoms with E-state index in [-0.39, 0.29) is 11.9 Å². The summed E-state index contributed by atoms with van der Waals surface area (Å²) in [5.74, 6) is 1.26. The van der Waals surface area contributed by atoms with Crippen LogP contribution in [0.15, 0.2) is 24.3 Å². The van der Waals surface area contributed by atoms with E-state index in [9.17, 15) is 4.79 Å². The quantitative estimate of drug-likeness (QED) is 0.824. The van der Waals surface area contributed by atoms with Crippen LogP contribution in [-0.4, -0.2) is 11.9 Å². The SMILES string of the molecule is CC(NC(=O)c1cccc(N)c1)C(C)C1CCCCC1. The average molecular weight is 274 g/mol. The van der Waals surface area contributed by atoms with E-state index in [4.69, 9.17) is 5.73 Å². The molecule has 1 aromatic carbocycles. The average Bonchev–Trinajstić information content (AvgIpc) is 2.47. The number of rotatable bonds is 4. The highest BCUT2D eigenvalue weighted by Gasteiger charge is 2.25. The molecule has 0 heterocycles. The fourth-order valence-electron chi connectivity index (χ4n) is 3.17. The molecule has 2 atom stereocenters. The highest BCUT2D eigenvalue weighted by molar-refractivity contribution is 5.95. The summed E-state index contributed by atoms with van der Waals surface area (Å²) in [6.45, 7) is 4.38.